The van der Waals surface area contributed by atoms with Crippen LogP contribution in [0.5, 0.6) is 0 Å². The topological polar surface area (TPSA) is 118 Å². The van der Waals surface area contributed by atoms with Gasteiger partial charge in [0.25, 0.3) is 0 Å². The molecule has 24 heavy (non-hydrogen) atoms. The second kappa shape index (κ2) is 5.86. The first-order chi connectivity index (χ1) is 11.7. The van der Waals surface area contributed by atoms with Gasteiger partial charge in [-0.3, -0.25) is 10.7 Å². The van der Waals surface area contributed by atoms with Gasteiger partial charge in [0.05, 0.1) is 29.9 Å². The second-order valence-corrected chi connectivity index (χ2v) is 5.89. The number of aromatic nitrogens is 4. The SMILES string of the molecule is CC1CC(CO)OC1n1cc(-c2cnco2)c2c(NO)ncnc21. The number of oxazole rings is 1. The monoisotopic (exact) mass is 331 g/mol. The number of anilines is 1. The van der Waals surface area contributed by atoms with Gasteiger partial charge in [0.1, 0.15) is 18.2 Å². The Morgan fingerprint density at radius 1 is 1.42 bits per heavy atom. The number of hydrogen-bond donors (Lipinski definition) is 3. The van der Waals surface area contributed by atoms with Gasteiger partial charge in [0, 0.05) is 12.1 Å². The van der Waals surface area contributed by atoms with E-state index in [1.54, 1.807) is 6.20 Å². The van der Waals surface area contributed by atoms with E-state index in [0.717, 1.165) is 6.42 Å². The molecule has 0 saturated carbocycles. The van der Waals surface area contributed by atoms with Crippen molar-refractivity contribution in [1.29, 1.82) is 0 Å². The summed E-state index contributed by atoms with van der Waals surface area (Å²) in [4.78, 5) is 12.3. The quantitative estimate of drug-likeness (QED) is 0.619. The van der Waals surface area contributed by atoms with E-state index in [0.29, 0.717) is 22.4 Å². The number of fused-ring (bicyclic) bond motifs is 1. The molecule has 1 aliphatic heterocycles. The summed E-state index contributed by atoms with van der Waals surface area (Å²) in [6.07, 6.45) is 6.42. The Kier molecular flexibility index (Phi) is 3.68. The molecule has 9 heteroatoms. The third-order valence-corrected chi connectivity index (χ3v) is 4.34. The summed E-state index contributed by atoms with van der Waals surface area (Å²) < 4.78 is 13.2. The van der Waals surface area contributed by atoms with Crippen molar-refractivity contribution in [2.24, 2.45) is 5.92 Å². The van der Waals surface area contributed by atoms with E-state index in [9.17, 15) is 10.3 Å². The average Bonchev–Trinajstić information content (AvgIpc) is 3.31. The van der Waals surface area contributed by atoms with Gasteiger partial charge in [-0.25, -0.2) is 15.0 Å². The number of nitrogens with one attached hydrogen (secondary N) is 1. The first-order valence-electron chi connectivity index (χ1n) is 7.63. The maximum Gasteiger partial charge on any atom is 0.181 e. The predicted molar refractivity (Wildman–Crippen MR) is 83.2 cm³/mol. The van der Waals surface area contributed by atoms with Crippen molar-refractivity contribution in [2.75, 3.05) is 12.1 Å². The Morgan fingerprint density at radius 3 is 2.96 bits per heavy atom. The molecule has 3 aromatic heterocycles. The predicted octanol–water partition coefficient (Wildman–Crippen LogP) is 1.80. The van der Waals surface area contributed by atoms with E-state index >= 15 is 0 Å². The molecule has 3 N–H and O–H groups in total. The molecule has 0 aliphatic carbocycles. The van der Waals surface area contributed by atoms with Crippen LogP contribution < -0.4 is 5.48 Å². The summed E-state index contributed by atoms with van der Waals surface area (Å²) in [5.74, 6) is 1.00. The van der Waals surface area contributed by atoms with E-state index in [-0.39, 0.29) is 30.7 Å². The molecule has 0 amide bonds. The van der Waals surface area contributed by atoms with Gasteiger partial charge in [-0.1, -0.05) is 6.92 Å². The van der Waals surface area contributed by atoms with E-state index in [1.165, 1.54) is 12.7 Å². The molecule has 0 spiro atoms. The van der Waals surface area contributed by atoms with Crippen LogP contribution in [0.2, 0.25) is 0 Å². The number of aliphatic hydroxyl groups is 1. The molecule has 3 aromatic rings. The van der Waals surface area contributed by atoms with Gasteiger partial charge in [0.15, 0.2) is 18.0 Å². The molecule has 9 nitrogen and oxygen atoms in total. The van der Waals surface area contributed by atoms with Gasteiger partial charge < -0.3 is 18.8 Å². The van der Waals surface area contributed by atoms with Crippen LogP contribution in [-0.4, -0.2) is 42.5 Å². The zero-order valence-corrected chi connectivity index (χ0v) is 13.0. The van der Waals surface area contributed by atoms with Crippen molar-refractivity contribution in [3.05, 3.63) is 25.1 Å². The van der Waals surface area contributed by atoms with E-state index in [4.69, 9.17) is 9.15 Å². The smallest absolute Gasteiger partial charge is 0.181 e. The minimum absolute atomic E-state index is 0.0204. The summed E-state index contributed by atoms with van der Waals surface area (Å²) in [5.41, 5.74) is 3.40. The Morgan fingerprint density at radius 2 is 2.29 bits per heavy atom. The zero-order chi connectivity index (χ0) is 16.7. The third-order valence-electron chi connectivity index (χ3n) is 4.34. The fraction of sp³-hybridized carbons (Fsp3) is 0.400. The van der Waals surface area contributed by atoms with Crippen LogP contribution in [0, 0.1) is 5.92 Å². The minimum atomic E-state index is -0.275. The van der Waals surface area contributed by atoms with Crippen molar-refractivity contribution in [1.82, 2.24) is 19.5 Å². The summed E-state index contributed by atoms with van der Waals surface area (Å²) >= 11 is 0. The molecule has 0 bridgehead atoms. The first kappa shape index (κ1) is 15.1. The minimum Gasteiger partial charge on any atom is -0.443 e. The Balaban J connectivity index is 1.91. The molecule has 1 saturated heterocycles. The van der Waals surface area contributed by atoms with Crippen LogP contribution in [0.4, 0.5) is 5.82 Å². The molecule has 1 fully saturated rings. The fourth-order valence-electron chi connectivity index (χ4n) is 3.27. The lowest BCUT2D eigenvalue weighted by Gasteiger charge is -2.18. The van der Waals surface area contributed by atoms with Gasteiger partial charge >= 0.3 is 0 Å². The molecule has 0 aromatic carbocycles. The number of ether oxygens (including phenoxy) is 1. The van der Waals surface area contributed by atoms with Crippen LogP contribution in [-0.2, 0) is 4.74 Å². The Hall–Kier alpha value is -2.49. The third kappa shape index (κ3) is 2.25. The highest BCUT2D eigenvalue weighted by molar-refractivity contribution is 6.00. The molecule has 3 unspecified atom stereocenters. The van der Waals surface area contributed by atoms with Crippen LogP contribution in [0.1, 0.15) is 19.6 Å². The normalized spacial score (nSPS) is 23.9. The van der Waals surface area contributed by atoms with Crippen molar-refractivity contribution >= 4 is 16.9 Å². The lowest BCUT2D eigenvalue weighted by atomic mass is 10.1. The Labute approximate surface area is 136 Å². The largest absolute Gasteiger partial charge is 0.443 e. The molecule has 0 radical (unpaired) electrons. The van der Waals surface area contributed by atoms with E-state index in [2.05, 4.69) is 27.4 Å². The highest BCUT2D eigenvalue weighted by atomic mass is 16.5. The van der Waals surface area contributed by atoms with Gasteiger partial charge in [0.2, 0.25) is 0 Å². The second-order valence-electron chi connectivity index (χ2n) is 5.89. The molecular formula is C15H17N5O4. The highest BCUT2D eigenvalue weighted by Crippen LogP contribution is 2.40. The fourth-order valence-corrected chi connectivity index (χ4v) is 3.27. The van der Waals surface area contributed by atoms with E-state index < -0.39 is 0 Å². The standard InChI is InChI=1S/C15H17N5O4/c1-8-2-9(5-21)24-15(8)20-4-10(11-3-16-7-23-11)12-13(19-22)17-6-18-14(12)20/h3-4,6-9,15,21-22H,2,5H2,1H3,(H,17,18,19). The van der Waals surface area contributed by atoms with Crippen molar-refractivity contribution in [3.63, 3.8) is 0 Å². The van der Waals surface area contributed by atoms with Crippen LogP contribution in [0.25, 0.3) is 22.4 Å². The summed E-state index contributed by atoms with van der Waals surface area (Å²) in [6.45, 7) is 2.04. The van der Waals surface area contributed by atoms with Crippen LogP contribution >= 0.6 is 0 Å². The van der Waals surface area contributed by atoms with Crippen molar-refractivity contribution < 1.29 is 19.5 Å². The lowest BCUT2D eigenvalue weighted by molar-refractivity contribution is -0.0291. The maximum absolute atomic E-state index is 9.40. The summed E-state index contributed by atoms with van der Waals surface area (Å²) in [6, 6.07) is 0. The number of hydrogen-bond acceptors (Lipinski definition) is 8. The highest BCUT2D eigenvalue weighted by Gasteiger charge is 2.35. The molecule has 4 heterocycles. The number of aliphatic hydroxyl groups excluding tert-OH is 1. The van der Waals surface area contributed by atoms with Gasteiger partial charge in [-0.15, -0.1) is 0 Å². The zero-order valence-electron chi connectivity index (χ0n) is 13.0. The van der Waals surface area contributed by atoms with Gasteiger partial charge in [-0.05, 0) is 6.42 Å². The number of nitrogens with zero attached hydrogens (tertiary/aromatic N) is 4. The van der Waals surface area contributed by atoms with Crippen molar-refractivity contribution in [2.45, 2.75) is 25.7 Å². The molecule has 3 atom stereocenters. The number of rotatable bonds is 4. The van der Waals surface area contributed by atoms with E-state index in [1.807, 2.05) is 10.8 Å². The maximum atomic E-state index is 9.40. The lowest BCUT2D eigenvalue weighted by Crippen LogP contribution is -2.15. The molecule has 126 valence electrons. The molecular weight excluding hydrogens is 314 g/mol. The molecule has 4 rings (SSSR count). The van der Waals surface area contributed by atoms with Gasteiger partial charge in [-0.2, -0.15) is 0 Å². The Bertz CT molecular complexity index is 847. The first-order valence-corrected chi connectivity index (χ1v) is 7.63. The molecule has 1 aliphatic rings. The summed E-state index contributed by atoms with van der Waals surface area (Å²) in [5, 5.41) is 19.4. The van der Waals surface area contributed by atoms with Crippen LogP contribution in [0.3, 0.4) is 0 Å². The summed E-state index contributed by atoms with van der Waals surface area (Å²) in [7, 11) is 0. The average molecular weight is 331 g/mol. The van der Waals surface area contributed by atoms with Crippen molar-refractivity contribution in [3.8, 4) is 11.3 Å². The van der Waals surface area contributed by atoms with Crippen LogP contribution in [0.15, 0.2) is 29.5 Å².